The summed E-state index contributed by atoms with van der Waals surface area (Å²) in [6.07, 6.45) is 2.89. The number of carbonyl (C=O) groups excluding carboxylic acids is 2. The number of hydrogen-bond acceptors (Lipinski definition) is 2. The highest BCUT2D eigenvalue weighted by molar-refractivity contribution is 5.76. The van der Waals surface area contributed by atoms with Crippen molar-refractivity contribution < 1.29 is 9.59 Å². The first-order valence-electron chi connectivity index (χ1n) is 8.01. The standard InChI is InChI=1S/C17H23N3O2/c1-12(21)18-14-8-5-9-20(11-14)17(22)19-16-10-15(16)13-6-3-2-4-7-13/h2-4,6-7,14-16H,5,8-11H2,1H3,(H,18,21)(H,19,22)/t14-,15-,16+/m1/s1. The molecule has 0 unspecified atom stereocenters. The Morgan fingerprint density at radius 2 is 1.95 bits per heavy atom. The quantitative estimate of drug-likeness (QED) is 0.895. The van der Waals surface area contributed by atoms with Gasteiger partial charge in [0, 0.05) is 38.0 Å². The van der Waals surface area contributed by atoms with Gasteiger partial charge in [-0.05, 0) is 24.8 Å². The van der Waals surface area contributed by atoms with Crippen LogP contribution in [0.2, 0.25) is 0 Å². The number of nitrogens with one attached hydrogen (secondary N) is 2. The molecule has 0 radical (unpaired) electrons. The number of nitrogens with zero attached hydrogens (tertiary/aromatic N) is 1. The number of piperidine rings is 1. The lowest BCUT2D eigenvalue weighted by molar-refractivity contribution is -0.119. The van der Waals surface area contributed by atoms with E-state index in [1.54, 1.807) is 0 Å². The molecule has 1 aromatic carbocycles. The molecule has 22 heavy (non-hydrogen) atoms. The zero-order valence-electron chi connectivity index (χ0n) is 12.9. The van der Waals surface area contributed by atoms with Gasteiger partial charge in [0.1, 0.15) is 0 Å². The molecule has 118 valence electrons. The van der Waals surface area contributed by atoms with E-state index in [0.717, 1.165) is 25.8 Å². The molecule has 0 spiro atoms. The zero-order chi connectivity index (χ0) is 15.5. The molecule has 1 aliphatic heterocycles. The molecular formula is C17H23N3O2. The smallest absolute Gasteiger partial charge is 0.317 e. The van der Waals surface area contributed by atoms with Crippen molar-refractivity contribution in [1.82, 2.24) is 15.5 Å². The fourth-order valence-electron chi connectivity index (χ4n) is 3.24. The molecule has 2 fully saturated rings. The molecule has 1 aromatic rings. The maximum atomic E-state index is 12.4. The Morgan fingerprint density at radius 1 is 1.18 bits per heavy atom. The van der Waals surface area contributed by atoms with Gasteiger partial charge in [-0.15, -0.1) is 0 Å². The van der Waals surface area contributed by atoms with Crippen molar-refractivity contribution in [3.63, 3.8) is 0 Å². The SMILES string of the molecule is CC(=O)N[C@@H]1CCCN(C(=O)N[C@H]2C[C@@H]2c2ccccc2)C1. The first kappa shape index (κ1) is 14.9. The zero-order valence-corrected chi connectivity index (χ0v) is 12.9. The second-order valence-electron chi connectivity index (χ2n) is 6.29. The maximum absolute atomic E-state index is 12.4. The fourth-order valence-corrected chi connectivity index (χ4v) is 3.24. The van der Waals surface area contributed by atoms with Gasteiger partial charge in [0.2, 0.25) is 5.91 Å². The van der Waals surface area contributed by atoms with E-state index in [2.05, 4.69) is 22.8 Å². The van der Waals surface area contributed by atoms with Crippen LogP contribution in [0.4, 0.5) is 4.79 Å². The largest absolute Gasteiger partial charge is 0.352 e. The summed E-state index contributed by atoms with van der Waals surface area (Å²) in [5, 5.41) is 6.03. The summed E-state index contributed by atoms with van der Waals surface area (Å²) >= 11 is 0. The molecule has 3 rings (SSSR count). The monoisotopic (exact) mass is 301 g/mol. The summed E-state index contributed by atoms with van der Waals surface area (Å²) in [6, 6.07) is 10.6. The molecule has 2 N–H and O–H groups in total. The molecule has 5 heteroatoms. The van der Waals surface area contributed by atoms with Crippen molar-refractivity contribution in [1.29, 1.82) is 0 Å². The minimum atomic E-state index is -0.0291. The van der Waals surface area contributed by atoms with Gasteiger partial charge in [-0.25, -0.2) is 4.79 Å². The molecule has 0 bridgehead atoms. The molecular weight excluding hydrogens is 278 g/mol. The first-order valence-corrected chi connectivity index (χ1v) is 8.01. The molecule has 1 saturated carbocycles. The van der Waals surface area contributed by atoms with Crippen molar-refractivity contribution >= 4 is 11.9 Å². The highest BCUT2D eigenvalue weighted by Crippen LogP contribution is 2.40. The lowest BCUT2D eigenvalue weighted by Crippen LogP contribution is -2.52. The van der Waals surface area contributed by atoms with Crippen LogP contribution in [-0.2, 0) is 4.79 Å². The van der Waals surface area contributed by atoms with E-state index in [0.29, 0.717) is 12.5 Å². The van der Waals surface area contributed by atoms with Gasteiger partial charge in [-0.1, -0.05) is 30.3 Å². The number of rotatable bonds is 3. The van der Waals surface area contributed by atoms with E-state index in [-0.39, 0.29) is 24.0 Å². The summed E-state index contributed by atoms with van der Waals surface area (Å²) in [7, 11) is 0. The van der Waals surface area contributed by atoms with E-state index in [4.69, 9.17) is 0 Å². The number of carbonyl (C=O) groups is 2. The Labute approximate surface area is 131 Å². The van der Waals surface area contributed by atoms with E-state index in [9.17, 15) is 9.59 Å². The third-order valence-corrected chi connectivity index (χ3v) is 4.44. The Balaban J connectivity index is 1.49. The summed E-state index contributed by atoms with van der Waals surface area (Å²) < 4.78 is 0. The minimum absolute atomic E-state index is 0.00140. The van der Waals surface area contributed by atoms with Crippen LogP contribution in [0, 0.1) is 0 Å². The van der Waals surface area contributed by atoms with Crippen LogP contribution in [0.1, 0.15) is 37.7 Å². The molecule has 1 heterocycles. The van der Waals surface area contributed by atoms with Crippen LogP contribution in [0.5, 0.6) is 0 Å². The van der Waals surface area contributed by atoms with Gasteiger partial charge in [-0.2, -0.15) is 0 Å². The van der Waals surface area contributed by atoms with Crippen LogP contribution in [0.3, 0.4) is 0 Å². The van der Waals surface area contributed by atoms with Crippen LogP contribution >= 0.6 is 0 Å². The van der Waals surface area contributed by atoms with Crippen molar-refractivity contribution in [2.75, 3.05) is 13.1 Å². The average Bonchev–Trinajstić information content (AvgIpc) is 3.27. The van der Waals surface area contributed by atoms with Crippen LogP contribution in [0.15, 0.2) is 30.3 Å². The van der Waals surface area contributed by atoms with Crippen molar-refractivity contribution in [2.45, 2.75) is 44.2 Å². The van der Waals surface area contributed by atoms with E-state index in [1.165, 1.54) is 12.5 Å². The van der Waals surface area contributed by atoms with Crippen LogP contribution in [-0.4, -0.2) is 42.0 Å². The number of urea groups is 1. The van der Waals surface area contributed by atoms with Gasteiger partial charge < -0.3 is 15.5 Å². The van der Waals surface area contributed by atoms with Gasteiger partial charge in [0.05, 0.1) is 0 Å². The lowest BCUT2D eigenvalue weighted by Gasteiger charge is -2.33. The maximum Gasteiger partial charge on any atom is 0.317 e. The Morgan fingerprint density at radius 3 is 2.68 bits per heavy atom. The molecule has 3 atom stereocenters. The third-order valence-electron chi connectivity index (χ3n) is 4.44. The third kappa shape index (κ3) is 3.59. The Bertz CT molecular complexity index is 546. The molecule has 2 aliphatic rings. The Hall–Kier alpha value is -2.04. The second-order valence-corrected chi connectivity index (χ2v) is 6.29. The number of hydrogen-bond donors (Lipinski definition) is 2. The second kappa shape index (κ2) is 6.38. The molecule has 3 amide bonds. The highest BCUT2D eigenvalue weighted by Gasteiger charge is 2.40. The summed E-state index contributed by atoms with van der Waals surface area (Å²) in [5.74, 6) is 0.416. The van der Waals surface area contributed by atoms with E-state index >= 15 is 0 Å². The predicted molar refractivity (Wildman–Crippen MR) is 84.5 cm³/mol. The normalized spacial score (nSPS) is 27.1. The molecule has 1 saturated heterocycles. The minimum Gasteiger partial charge on any atom is -0.352 e. The fraction of sp³-hybridized carbons (Fsp3) is 0.529. The van der Waals surface area contributed by atoms with E-state index < -0.39 is 0 Å². The molecule has 5 nitrogen and oxygen atoms in total. The Kier molecular flexibility index (Phi) is 4.32. The van der Waals surface area contributed by atoms with Gasteiger partial charge in [0.25, 0.3) is 0 Å². The predicted octanol–water partition coefficient (Wildman–Crippen LogP) is 1.85. The van der Waals surface area contributed by atoms with Crippen molar-refractivity contribution in [3.8, 4) is 0 Å². The van der Waals surface area contributed by atoms with Crippen LogP contribution in [0.25, 0.3) is 0 Å². The van der Waals surface area contributed by atoms with Gasteiger partial charge in [-0.3, -0.25) is 4.79 Å². The summed E-state index contributed by atoms with van der Waals surface area (Å²) in [6.45, 7) is 2.90. The summed E-state index contributed by atoms with van der Waals surface area (Å²) in [4.78, 5) is 25.3. The number of amides is 3. The number of likely N-dealkylation sites (tertiary alicyclic amines) is 1. The number of benzene rings is 1. The molecule has 1 aliphatic carbocycles. The first-order chi connectivity index (χ1) is 10.6. The van der Waals surface area contributed by atoms with Crippen molar-refractivity contribution in [2.24, 2.45) is 0 Å². The van der Waals surface area contributed by atoms with Gasteiger partial charge >= 0.3 is 6.03 Å². The van der Waals surface area contributed by atoms with Crippen LogP contribution < -0.4 is 10.6 Å². The van der Waals surface area contributed by atoms with Gasteiger partial charge in [0.15, 0.2) is 0 Å². The van der Waals surface area contributed by atoms with E-state index in [1.807, 2.05) is 23.1 Å². The van der Waals surface area contributed by atoms with Crippen molar-refractivity contribution in [3.05, 3.63) is 35.9 Å². The topological polar surface area (TPSA) is 61.4 Å². The molecule has 0 aromatic heterocycles. The lowest BCUT2D eigenvalue weighted by atomic mass is 10.1. The highest BCUT2D eigenvalue weighted by atomic mass is 16.2. The average molecular weight is 301 g/mol. The summed E-state index contributed by atoms with van der Waals surface area (Å²) in [5.41, 5.74) is 1.29.